The Balaban J connectivity index is 1.55. The number of aliphatic hydroxyl groups is 1. The number of aromatic nitrogens is 3. The maximum Gasteiger partial charge on any atom is 0.151 e. The van der Waals surface area contributed by atoms with E-state index in [4.69, 9.17) is 5.73 Å². The van der Waals surface area contributed by atoms with Crippen LogP contribution in [0.3, 0.4) is 0 Å². The maximum atomic E-state index is 10.2. The van der Waals surface area contributed by atoms with Gasteiger partial charge in [0.15, 0.2) is 5.82 Å². The zero-order valence-corrected chi connectivity index (χ0v) is 11.3. The molecule has 0 bridgehead atoms. The number of aliphatic hydroxyl groups excluding tert-OH is 1. The van der Waals surface area contributed by atoms with Gasteiger partial charge in [-0.3, -0.25) is 4.90 Å². The minimum absolute atomic E-state index is 0.174. The zero-order valence-electron chi connectivity index (χ0n) is 11.3. The van der Waals surface area contributed by atoms with Crippen molar-refractivity contribution in [1.29, 1.82) is 0 Å². The monoisotopic (exact) mass is 273 g/mol. The largest absolute Gasteiger partial charge is 0.391 e. The first kappa shape index (κ1) is 12.1. The van der Waals surface area contributed by atoms with Crippen molar-refractivity contribution >= 4 is 16.9 Å². The van der Waals surface area contributed by atoms with Gasteiger partial charge in [-0.1, -0.05) is 0 Å². The van der Waals surface area contributed by atoms with Gasteiger partial charge in [-0.15, -0.1) is 0 Å². The fourth-order valence-corrected chi connectivity index (χ4v) is 3.39. The molecule has 6 nitrogen and oxygen atoms in total. The molecule has 0 radical (unpaired) electrons. The summed E-state index contributed by atoms with van der Waals surface area (Å²) < 4.78 is 0. The van der Waals surface area contributed by atoms with E-state index in [-0.39, 0.29) is 6.10 Å². The first-order valence-electron chi connectivity index (χ1n) is 7.19. The molecule has 4 N–H and O–H groups in total. The lowest BCUT2D eigenvalue weighted by atomic mass is 10.0. The van der Waals surface area contributed by atoms with Crippen LogP contribution in [-0.4, -0.2) is 44.2 Å². The number of fused-ring (bicyclic) bond motifs is 1. The molecule has 1 saturated heterocycles. The number of nitrogens with two attached hydrogens (primary N) is 1. The van der Waals surface area contributed by atoms with E-state index in [0.29, 0.717) is 11.7 Å². The number of likely N-dealkylation sites (tertiary alicyclic amines) is 1. The van der Waals surface area contributed by atoms with Crippen molar-refractivity contribution in [1.82, 2.24) is 19.9 Å². The molecule has 0 aromatic carbocycles. The van der Waals surface area contributed by atoms with Gasteiger partial charge in [-0.25, -0.2) is 9.97 Å². The van der Waals surface area contributed by atoms with Gasteiger partial charge in [0.05, 0.1) is 11.6 Å². The van der Waals surface area contributed by atoms with Crippen molar-refractivity contribution in [2.75, 3.05) is 18.8 Å². The van der Waals surface area contributed by atoms with Crippen molar-refractivity contribution < 1.29 is 5.11 Å². The number of β-amino-alcohol motifs (C(OH)–C–C–N with tert-alkyl or cyclic N) is 1. The molecule has 0 amide bonds. The minimum Gasteiger partial charge on any atom is -0.391 e. The van der Waals surface area contributed by atoms with Gasteiger partial charge in [0.2, 0.25) is 0 Å². The first-order chi connectivity index (χ1) is 9.72. The second-order valence-electron chi connectivity index (χ2n) is 6.06. The number of nitrogen functional groups attached to an aromatic ring is 1. The van der Waals surface area contributed by atoms with Crippen LogP contribution in [0.1, 0.15) is 18.4 Å². The van der Waals surface area contributed by atoms with Crippen LogP contribution < -0.4 is 5.73 Å². The average Bonchev–Trinajstić information content (AvgIpc) is 3.09. The van der Waals surface area contributed by atoms with Crippen LogP contribution in [0.5, 0.6) is 0 Å². The molecular weight excluding hydrogens is 254 g/mol. The maximum absolute atomic E-state index is 10.2. The van der Waals surface area contributed by atoms with Gasteiger partial charge in [0.25, 0.3) is 0 Å². The van der Waals surface area contributed by atoms with Crippen LogP contribution in [0, 0.1) is 11.8 Å². The van der Waals surface area contributed by atoms with Crippen molar-refractivity contribution in [3.8, 4) is 0 Å². The summed E-state index contributed by atoms with van der Waals surface area (Å²) in [5.74, 6) is 1.69. The fourth-order valence-electron chi connectivity index (χ4n) is 3.39. The lowest BCUT2D eigenvalue weighted by Gasteiger charge is -2.14. The Hall–Kier alpha value is -1.66. The summed E-state index contributed by atoms with van der Waals surface area (Å²) in [6.45, 7) is 2.55. The standard InChI is InChI=1S/C14H19N5O/c15-14-13-12(17-7-18-14)9(3-16-13)4-19-5-10(8-1-2-8)11(20)6-19/h3,7-8,10-11,16,20H,1-2,4-6H2,(H2,15,17,18)/t10-,11+/m1/s1. The number of nitrogens with one attached hydrogen (secondary N) is 1. The Bertz CT molecular complexity index is 636. The van der Waals surface area contributed by atoms with E-state index in [1.807, 2.05) is 6.20 Å². The molecule has 0 spiro atoms. The Labute approximate surface area is 117 Å². The molecule has 2 aromatic rings. The van der Waals surface area contributed by atoms with Crippen molar-refractivity contribution in [3.63, 3.8) is 0 Å². The fraction of sp³-hybridized carbons (Fsp3) is 0.571. The van der Waals surface area contributed by atoms with E-state index in [2.05, 4.69) is 19.9 Å². The smallest absolute Gasteiger partial charge is 0.151 e. The van der Waals surface area contributed by atoms with E-state index in [0.717, 1.165) is 42.1 Å². The number of H-pyrrole nitrogens is 1. The number of hydrogen-bond donors (Lipinski definition) is 3. The van der Waals surface area contributed by atoms with Gasteiger partial charge in [0, 0.05) is 37.3 Å². The summed E-state index contributed by atoms with van der Waals surface area (Å²) in [6, 6.07) is 0. The van der Waals surface area contributed by atoms with E-state index in [1.54, 1.807) is 0 Å². The van der Waals surface area contributed by atoms with Gasteiger partial charge in [-0.05, 0) is 18.8 Å². The summed E-state index contributed by atoms with van der Waals surface area (Å²) >= 11 is 0. The quantitative estimate of drug-likeness (QED) is 0.767. The van der Waals surface area contributed by atoms with Crippen LogP contribution in [0.2, 0.25) is 0 Å². The van der Waals surface area contributed by atoms with Crippen LogP contribution in [-0.2, 0) is 6.54 Å². The highest BCUT2D eigenvalue weighted by atomic mass is 16.3. The number of anilines is 1. The van der Waals surface area contributed by atoms with Gasteiger partial charge >= 0.3 is 0 Å². The highest BCUT2D eigenvalue weighted by Crippen LogP contribution is 2.41. The number of nitrogens with zero attached hydrogens (tertiary/aromatic N) is 3. The number of hydrogen-bond acceptors (Lipinski definition) is 5. The Kier molecular flexibility index (Phi) is 2.68. The molecule has 1 aliphatic heterocycles. The molecule has 2 atom stereocenters. The third-order valence-electron chi connectivity index (χ3n) is 4.60. The Morgan fingerprint density at radius 2 is 2.20 bits per heavy atom. The average molecular weight is 273 g/mol. The molecule has 1 aliphatic carbocycles. The predicted octanol–water partition coefficient (Wildman–Crippen LogP) is 0.743. The minimum atomic E-state index is -0.174. The summed E-state index contributed by atoms with van der Waals surface area (Å²) in [6.07, 6.45) is 5.85. The molecule has 3 heterocycles. The molecule has 0 unspecified atom stereocenters. The van der Waals surface area contributed by atoms with E-state index in [9.17, 15) is 5.11 Å². The molecule has 2 aliphatic rings. The van der Waals surface area contributed by atoms with Crippen LogP contribution in [0.15, 0.2) is 12.5 Å². The second kappa shape index (κ2) is 4.43. The molecular formula is C14H19N5O. The van der Waals surface area contributed by atoms with Crippen LogP contribution in [0.4, 0.5) is 5.82 Å². The van der Waals surface area contributed by atoms with Gasteiger partial charge in [-0.2, -0.15) is 0 Å². The van der Waals surface area contributed by atoms with E-state index < -0.39 is 0 Å². The van der Waals surface area contributed by atoms with Crippen molar-refractivity contribution in [2.24, 2.45) is 11.8 Å². The van der Waals surface area contributed by atoms with Crippen molar-refractivity contribution in [2.45, 2.75) is 25.5 Å². The molecule has 2 fully saturated rings. The molecule has 106 valence electrons. The van der Waals surface area contributed by atoms with Gasteiger partial charge in [0.1, 0.15) is 11.8 Å². The second-order valence-corrected chi connectivity index (χ2v) is 6.06. The lowest BCUT2D eigenvalue weighted by Crippen LogP contribution is -2.21. The highest BCUT2D eigenvalue weighted by molar-refractivity contribution is 5.86. The SMILES string of the molecule is Nc1ncnc2c(CN3C[C@H](C4CC4)[C@@H](O)C3)c[nH]c12. The molecule has 20 heavy (non-hydrogen) atoms. The molecule has 2 aromatic heterocycles. The summed E-state index contributed by atoms with van der Waals surface area (Å²) in [5.41, 5.74) is 8.65. The lowest BCUT2D eigenvalue weighted by molar-refractivity contribution is 0.132. The first-order valence-corrected chi connectivity index (χ1v) is 7.19. The third kappa shape index (κ3) is 1.96. The van der Waals surface area contributed by atoms with Crippen molar-refractivity contribution in [3.05, 3.63) is 18.1 Å². The number of rotatable bonds is 3. The normalized spacial score (nSPS) is 27.4. The number of aromatic amines is 1. The highest BCUT2D eigenvalue weighted by Gasteiger charge is 2.41. The van der Waals surface area contributed by atoms with E-state index >= 15 is 0 Å². The Morgan fingerprint density at radius 1 is 1.35 bits per heavy atom. The summed E-state index contributed by atoms with van der Waals surface area (Å²) in [5, 5.41) is 10.2. The van der Waals surface area contributed by atoms with Gasteiger partial charge < -0.3 is 15.8 Å². The van der Waals surface area contributed by atoms with Crippen LogP contribution >= 0.6 is 0 Å². The Morgan fingerprint density at radius 3 is 3.00 bits per heavy atom. The molecule has 6 heteroatoms. The molecule has 1 saturated carbocycles. The summed E-state index contributed by atoms with van der Waals surface area (Å²) in [4.78, 5) is 13.8. The summed E-state index contributed by atoms with van der Waals surface area (Å²) in [7, 11) is 0. The van der Waals surface area contributed by atoms with Crippen LogP contribution in [0.25, 0.3) is 11.0 Å². The third-order valence-corrected chi connectivity index (χ3v) is 4.60. The predicted molar refractivity (Wildman–Crippen MR) is 75.8 cm³/mol. The molecule has 4 rings (SSSR count). The van der Waals surface area contributed by atoms with E-state index in [1.165, 1.54) is 19.2 Å². The topological polar surface area (TPSA) is 91.1 Å². The zero-order chi connectivity index (χ0) is 13.7.